The van der Waals surface area contributed by atoms with Crippen molar-refractivity contribution in [1.29, 1.82) is 0 Å². The van der Waals surface area contributed by atoms with E-state index >= 15 is 0 Å². The van der Waals surface area contributed by atoms with Crippen molar-refractivity contribution in [2.75, 3.05) is 17.6 Å². The van der Waals surface area contributed by atoms with E-state index in [9.17, 15) is 0 Å². The minimum Gasteiger partial charge on any atom is -0.362 e. The molecular weight excluding hydrogens is 310 g/mol. The molecule has 1 heterocycles. The highest BCUT2D eigenvalue weighted by atomic mass is 32.2. The molecule has 0 atom stereocenters. The van der Waals surface area contributed by atoms with Crippen LogP contribution >= 0.6 is 24.0 Å². The molecule has 0 spiro atoms. The number of aromatic nitrogens is 1. The molecule has 0 saturated heterocycles. The van der Waals surface area contributed by atoms with Crippen molar-refractivity contribution in [3.8, 4) is 0 Å². The first-order chi connectivity index (χ1) is 10.6. The molecule has 3 nitrogen and oxygen atoms in total. The van der Waals surface area contributed by atoms with Crippen molar-refractivity contribution in [1.82, 2.24) is 10.3 Å². The van der Waals surface area contributed by atoms with E-state index in [1.165, 1.54) is 11.1 Å². The molecule has 1 aromatic heterocycles. The van der Waals surface area contributed by atoms with Gasteiger partial charge in [0.1, 0.15) is 5.82 Å². The van der Waals surface area contributed by atoms with Gasteiger partial charge in [0.05, 0.1) is 0 Å². The predicted octanol–water partition coefficient (Wildman–Crippen LogP) is 3.92. The summed E-state index contributed by atoms with van der Waals surface area (Å²) in [6.45, 7) is 4.98. The molecule has 0 bridgehead atoms. The summed E-state index contributed by atoms with van der Waals surface area (Å²) in [5.41, 5.74) is 3.82. The summed E-state index contributed by atoms with van der Waals surface area (Å²) in [5.74, 6) is 2.82. The van der Waals surface area contributed by atoms with Gasteiger partial charge < -0.3 is 10.6 Å². The second-order valence-corrected chi connectivity index (χ2v) is 6.66. The maximum absolute atomic E-state index is 5.26. The fraction of sp³-hybridized carbons (Fsp3) is 0.294. The topological polar surface area (TPSA) is 37.0 Å². The number of thiocarbonyl (C=S) groups is 1. The number of pyridine rings is 1. The van der Waals surface area contributed by atoms with Gasteiger partial charge in [-0.1, -0.05) is 35.9 Å². The molecule has 2 rings (SSSR count). The number of rotatable bonds is 6. The maximum Gasteiger partial charge on any atom is 0.171 e. The number of hydrogen-bond donors (Lipinski definition) is 2. The van der Waals surface area contributed by atoms with Crippen molar-refractivity contribution >= 4 is 34.9 Å². The summed E-state index contributed by atoms with van der Waals surface area (Å²) in [6, 6.07) is 12.6. The van der Waals surface area contributed by atoms with Gasteiger partial charge in [0.25, 0.3) is 0 Å². The Hall–Kier alpha value is -1.59. The average Bonchev–Trinajstić information content (AvgIpc) is 2.49. The number of anilines is 1. The van der Waals surface area contributed by atoms with Crippen LogP contribution < -0.4 is 10.6 Å². The molecule has 0 saturated carbocycles. The van der Waals surface area contributed by atoms with E-state index < -0.39 is 0 Å². The van der Waals surface area contributed by atoms with Crippen molar-refractivity contribution in [2.24, 2.45) is 0 Å². The number of nitrogens with zero attached hydrogens (tertiary/aromatic N) is 1. The largest absolute Gasteiger partial charge is 0.362 e. The highest BCUT2D eigenvalue weighted by Crippen LogP contribution is 2.12. The van der Waals surface area contributed by atoms with E-state index in [4.69, 9.17) is 12.2 Å². The predicted molar refractivity (Wildman–Crippen MR) is 101 cm³/mol. The Bertz CT molecular complexity index is 612. The van der Waals surface area contributed by atoms with Crippen LogP contribution in [0.25, 0.3) is 0 Å². The maximum atomic E-state index is 5.26. The Morgan fingerprint density at radius 3 is 2.77 bits per heavy atom. The highest BCUT2D eigenvalue weighted by Gasteiger charge is 1.99. The SMILES string of the molecule is Cc1ccc(NC(=S)NCCSCc2cccc(C)c2)nc1. The van der Waals surface area contributed by atoms with Gasteiger partial charge in [0.2, 0.25) is 0 Å². The fourth-order valence-electron chi connectivity index (χ4n) is 1.93. The Labute approximate surface area is 141 Å². The van der Waals surface area contributed by atoms with E-state index in [0.717, 1.165) is 29.4 Å². The van der Waals surface area contributed by atoms with Crippen LogP contribution in [-0.4, -0.2) is 22.4 Å². The molecule has 0 radical (unpaired) electrons. The van der Waals surface area contributed by atoms with Crippen molar-refractivity contribution < 1.29 is 0 Å². The van der Waals surface area contributed by atoms with Crippen LogP contribution in [-0.2, 0) is 5.75 Å². The molecule has 2 aromatic rings. The van der Waals surface area contributed by atoms with Gasteiger partial charge in [0, 0.05) is 24.2 Å². The second-order valence-electron chi connectivity index (χ2n) is 5.14. The van der Waals surface area contributed by atoms with Crippen LogP contribution in [0.15, 0.2) is 42.6 Å². The Kier molecular flexibility index (Phi) is 6.68. The Balaban J connectivity index is 1.62. The first kappa shape index (κ1) is 16.8. The smallest absolute Gasteiger partial charge is 0.171 e. The summed E-state index contributed by atoms with van der Waals surface area (Å²) >= 11 is 7.16. The minimum atomic E-state index is 0.618. The van der Waals surface area contributed by atoms with Crippen molar-refractivity contribution in [3.63, 3.8) is 0 Å². The molecule has 0 fully saturated rings. The summed E-state index contributed by atoms with van der Waals surface area (Å²) in [6.07, 6.45) is 1.82. The lowest BCUT2D eigenvalue weighted by Gasteiger charge is -2.10. The van der Waals surface area contributed by atoms with Crippen LogP contribution in [0.4, 0.5) is 5.82 Å². The molecule has 116 valence electrons. The van der Waals surface area contributed by atoms with Gasteiger partial charge in [-0.2, -0.15) is 11.8 Å². The number of nitrogens with one attached hydrogen (secondary N) is 2. The van der Waals surface area contributed by atoms with Gasteiger partial charge in [-0.25, -0.2) is 4.98 Å². The average molecular weight is 332 g/mol. The van der Waals surface area contributed by atoms with Gasteiger partial charge in [-0.05, 0) is 43.3 Å². The zero-order valence-electron chi connectivity index (χ0n) is 12.9. The van der Waals surface area contributed by atoms with E-state index in [0.29, 0.717) is 5.11 Å². The quantitative estimate of drug-likeness (QED) is 0.620. The van der Waals surface area contributed by atoms with Crippen LogP contribution in [0.3, 0.4) is 0 Å². The molecule has 0 aliphatic carbocycles. The standard InChI is InChI=1S/C17H21N3S2/c1-13-4-3-5-15(10-13)12-22-9-8-18-17(21)20-16-7-6-14(2)11-19-16/h3-7,10-11H,8-9,12H2,1-2H3,(H2,18,19,20,21). The lowest BCUT2D eigenvalue weighted by Crippen LogP contribution is -2.30. The van der Waals surface area contributed by atoms with Crippen LogP contribution in [0.1, 0.15) is 16.7 Å². The first-order valence-corrected chi connectivity index (χ1v) is 8.80. The Morgan fingerprint density at radius 1 is 1.18 bits per heavy atom. The van der Waals surface area contributed by atoms with Crippen LogP contribution in [0, 0.1) is 13.8 Å². The molecule has 22 heavy (non-hydrogen) atoms. The van der Waals surface area contributed by atoms with Gasteiger partial charge in [0.15, 0.2) is 5.11 Å². The van der Waals surface area contributed by atoms with E-state index in [1.54, 1.807) is 0 Å². The van der Waals surface area contributed by atoms with Crippen molar-refractivity contribution in [3.05, 3.63) is 59.3 Å². The van der Waals surface area contributed by atoms with Gasteiger partial charge in [-0.15, -0.1) is 0 Å². The first-order valence-electron chi connectivity index (χ1n) is 7.24. The lowest BCUT2D eigenvalue weighted by molar-refractivity contribution is 0.988. The number of hydrogen-bond acceptors (Lipinski definition) is 3. The third-order valence-electron chi connectivity index (χ3n) is 3.04. The molecule has 5 heteroatoms. The van der Waals surface area contributed by atoms with Gasteiger partial charge >= 0.3 is 0 Å². The summed E-state index contributed by atoms with van der Waals surface area (Å²) in [7, 11) is 0. The van der Waals surface area contributed by atoms with Crippen molar-refractivity contribution in [2.45, 2.75) is 19.6 Å². The van der Waals surface area contributed by atoms with Crippen LogP contribution in [0.2, 0.25) is 0 Å². The summed E-state index contributed by atoms with van der Waals surface area (Å²) in [4.78, 5) is 4.27. The van der Waals surface area contributed by atoms with E-state index in [-0.39, 0.29) is 0 Å². The fourth-order valence-corrected chi connectivity index (χ4v) is 2.94. The number of benzene rings is 1. The Morgan fingerprint density at radius 2 is 2.05 bits per heavy atom. The lowest BCUT2D eigenvalue weighted by atomic mass is 10.2. The van der Waals surface area contributed by atoms with Crippen LogP contribution in [0.5, 0.6) is 0 Å². The third-order valence-corrected chi connectivity index (χ3v) is 4.31. The highest BCUT2D eigenvalue weighted by molar-refractivity contribution is 7.98. The summed E-state index contributed by atoms with van der Waals surface area (Å²) in [5, 5.41) is 6.91. The molecule has 1 aromatic carbocycles. The zero-order valence-corrected chi connectivity index (χ0v) is 14.6. The van der Waals surface area contributed by atoms with E-state index in [1.807, 2.05) is 37.0 Å². The zero-order chi connectivity index (χ0) is 15.8. The molecule has 0 amide bonds. The number of thioether (sulfide) groups is 1. The normalized spacial score (nSPS) is 10.3. The molecule has 0 aliphatic rings. The van der Waals surface area contributed by atoms with Gasteiger partial charge in [-0.3, -0.25) is 0 Å². The molecule has 0 aliphatic heterocycles. The molecule has 2 N–H and O–H groups in total. The molecular formula is C17H21N3S2. The number of aryl methyl sites for hydroxylation is 2. The van der Waals surface area contributed by atoms with E-state index in [2.05, 4.69) is 46.8 Å². The minimum absolute atomic E-state index is 0.618. The molecule has 0 unspecified atom stereocenters. The second kappa shape index (κ2) is 8.76. The monoisotopic (exact) mass is 331 g/mol. The third kappa shape index (κ3) is 6.03. The summed E-state index contributed by atoms with van der Waals surface area (Å²) < 4.78 is 0.